The number of rotatable bonds is 3. The molecule has 8 heteroatoms. The van der Waals surface area contributed by atoms with E-state index in [1.165, 1.54) is 10.6 Å². The largest absolute Gasteiger partial charge is 0.334 e. The third-order valence-corrected chi connectivity index (χ3v) is 4.81. The molecule has 2 N–H and O–H groups in total. The average Bonchev–Trinajstić information content (AvgIpc) is 2.41. The number of carbonyl (C=O) groups excluding carboxylic acids is 1. The fourth-order valence-corrected chi connectivity index (χ4v) is 3.28. The first-order valence-corrected chi connectivity index (χ1v) is 8.85. The predicted molar refractivity (Wildman–Crippen MR) is 83.0 cm³/mol. The molecule has 2 amide bonds. The lowest BCUT2D eigenvalue weighted by atomic mass is 10.1. The van der Waals surface area contributed by atoms with Crippen LogP contribution in [0.2, 0.25) is 5.02 Å². The zero-order chi connectivity index (χ0) is 15.5. The zero-order valence-electron chi connectivity index (χ0n) is 11.7. The average molecular weight is 332 g/mol. The number of hydrogen-bond donors (Lipinski definition) is 2. The monoisotopic (exact) mass is 331 g/mol. The van der Waals surface area contributed by atoms with E-state index in [2.05, 4.69) is 10.6 Å². The fourth-order valence-electron chi connectivity index (χ4n) is 2.25. The van der Waals surface area contributed by atoms with Crippen LogP contribution in [0.15, 0.2) is 24.3 Å². The number of halogens is 1. The number of benzene rings is 1. The number of hydrogen-bond acceptors (Lipinski definition) is 3. The first-order valence-electron chi connectivity index (χ1n) is 6.63. The number of anilines is 1. The van der Waals surface area contributed by atoms with Crippen LogP contribution < -0.4 is 10.6 Å². The molecule has 0 spiro atoms. The van der Waals surface area contributed by atoms with Crippen LogP contribution in [-0.4, -0.2) is 44.1 Å². The number of carbonyl (C=O) groups is 1. The Hall–Kier alpha value is -1.31. The summed E-state index contributed by atoms with van der Waals surface area (Å²) < 4.78 is 24.4. The van der Waals surface area contributed by atoms with Gasteiger partial charge in [-0.3, -0.25) is 0 Å². The molecule has 0 saturated carbocycles. The van der Waals surface area contributed by atoms with Gasteiger partial charge in [0.2, 0.25) is 10.0 Å². The first kappa shape index (κ1) is 16.1. The van der Waals surface area contributed by atoms with Crippen molar-refractivity contribution in [3.8, 4) is 0 Å². The molecular weight excluding hydrogens is 314 g/mol. The van der Waals surface area contributed by atoms with Crippen molar-refractivity contribution < 1.29 is 13.2 Å². The van der Waals surface area contributed by atoms with E-state index in [9.17, 15) is 13.2 Å². The molecule has 0 aliphatic carbocycles. The molecule has 1 aromatic carbocycles. The summed E-state index contributed by atoms with van der Waals surface area (Å²) in [6.07, 6.45) is 2.68. The maximum absolute atomic E-state index is 11.9. The van der Waals surface area contributed by atoms with Gasteiger partial charge in [0.05, 0.1) is 6.26 Å². The Bertz CT molecular complexity index is 604. The summed E-state index contributed by atoms with van der Waals surface area (Å²) in [7, 11) is -3.21. The minimum Gasteiger partial charge on any atom is -0.334 e. The van der Waals surface area contributed by atoms with E-state index in [1.54, 1.807) is 24.3 Å². The van der Waals surface area contributed by atoms with Gasteiger partial charge in [-0.15, -0.1) is 0 Å². The van der Waals surface area contributed by atoms with Crippen molar-refractivity contribution in [2.75, 3.05) is 24.7 Å². The van der Waals surface area contributed by atoms with E-state index in [0.29, 0.717) is 23.8 Å². The predicted octanol–water partition coefficient (Wildman–Crippen LogP) is 1.89. The smallest absolute Gasteiger partial charge is 0.319 e. The number of sulfonamides is 1. The lowest BCUT2D eigenvalue weighted by Gasteiger charge is -2.31. The van der Waals surface area contributed by atoms with E-state index in [-0.39, 0.29) is 12.1 Å². The normalized spacial score (nSPS) is 20.0. The number of amides is 2. The van der Waals surface area contributed by atoms with Crippen LogP contribution in [0, 0.1) is 0 Å². The van der Waals surface area contributed by atoms with Crippen LogP contribution >= 0.6 is 11.6 Å². The molecule has 0 bridgehead atoms. The van der Waals surface area contributed by atoms with Crippen LogP contribution in [0.4, 0.5) is 10.5 Å². The summed E-state index contributed by atoms with van der Waals surface area (Å²) in [5.41, 5.74) is 0.632. The van der Waals surface area contributed by atoms with Gasteiger partial charge in [-0.2, -0.15) is 0 Å². The second-order valence-corrected chi connectivity index (χ2v) is 7.48. The van der Waals surface area contributed by atoms with Gasteiger partial charge in [0.1, 0.15) is 0 Å². The minimum atomic E-state index is -3.21. The zero-order valence-corrected chi connectivity index (χ0v) is 13.2. The highest BCUT2D eigenvalue weighted by atomic mass is 35.5. The maximum Gasteiger partial charge on any atom is 0.319 e. The molecule has 116 valence electrons. The van der Waals surface area contributed by atoms with Gasteiger partial charge in [0, 0.05) is 29.8 Å². The number of piperidine rings is 1. The molecule has 1 aliphatic rings. The third kappa shape index (κ3) is 4.87. The Morgan fingerprint density at radius 3 is 2.62 bits per heavy atom. The van der Waals surface area contributed by atoms with E-state index in [1.807, 2.05) is 0 Å². The van der Waals surface area contributed by atoms with Crippen molar-refractivity contribution in [3.63, 3.8) is 0 Å². The van der Waals surface area contributed by atoms with Crippen LogP contribution in [0.1, 0.15) is 12.8 Å². The number of nitrogens with one attached hydrogen (secondary N) is 2. The Labute approximate surface area is 129 Å². The molecule has 6 nitrogen and oxygen atoms in total. The van der Waals surface area contributed by atoms with Crippen LogP contribution in [0.5, 0.6) is 0 Å². The van der Waals surface area contributed by atoms with Gasteiger partial charge < -0.3 is 10.6 Å². The molecule has 2 rings (SSSR count). The highest BCUT2D eigenvalue weighted by Crippen LogP contribution is 2.15. The summed E-state index contributed by atoms with van der Waals surface area (Å²) in [4.78, 5) is 11.9. The standard InChI is InChI=1S/C13H18ClN3O3S/c1-21(19,20)17-8-2-3-12(9-17)16-13(18)15-11-6-4-10(14)5-7-11/h4-7,12H,2-3,8-9H2,1H3,(H2,15,16,18)/t12-/m0/s1. The van der Waals surface area contributed by atoms with Gasteiger partial charge in [0.15, 0.2) is 0 Å². The van der Waals surface area contributed by atoms with E-state index >= 15 is 0 Å². The Kier molecular flexibility index (Phi) is 5.08. The molecule has 1 heterocycles. The summed E-state index contributed by atoms with van der Waals surface area (Å²) in [5, 5.41) is 6.08. The summed E-state index contributed by atoms with van der Waals surface area (Å²) in [5.74, 6) is 0. The Morgan fingerprint density at radius 1 is 1.33 bits per heavy atom. The van der Waals surface area contributed by atoms with Crippen molar-refractivity contribution in [2.24, 2.45) is 0 Å². The van der Waals surface area contributed by atoms with E-state index in [4.69, 9.17) is 11.6 Å². The molecule has 1 fully saturated rings. The topological polar surface area (TPSA) is 78.5 Å². The molecule has 1 aliphatic heterocycles. The molecule has 0 unspecified atom stereocenters. The van der Waals surface area contributed by atoms with Crippen LogP contribution in [0.25, 0.3) is 0 Å². The third-order valence-electron chi connectivity index (χ3n) is 3.29. The highest BCUT2D eigenvalue weighted by Gasteiger charge is 2.26. The van der Waals surface area contributed by atoms with Gasteiger partial charge in [0.25, 0.3) is 0 Å². The molecule has 0 radical (unpaired) electrons. The lowest BCUT2D eigenvalue weighted by Crippen LogP contribution is -2.50. The van der Waals surface area contributed by atoms with Gasteiger partial charge >= 0.3 is 6.03 Å². The number of nitrogens with zero attached hydrogens (tertiary/aromatic N) is 1. The SMILES string of the molecule is CS(=O)(=O)N1CCC[C@H](NC(=O)Nc2ccc(Cl)cc2)C1. The molecular formula is C13H18ClN3O3S. The fraction of sp³-hybridized carbons (Fsp3) is 0.462. The van der Waals surface area contributed by atoms with Crippen LogP contribution in [-0.2, 0) is 10.0 Å². The molecule has 1 aromatic rings. The van der Waals surface area contributed by atoms with Gasteiger partial charge in [-0.1, -0.05) is 11.6 Å². The van der Waals surface area contributed by atoms with E-state index < -0.39 is 10.0 Å². The highest BCUT2D eigenvalue weighted by molar-refractivity contribution is 7.88. The molecule has 0 aromatic heterocycles. The first-order chi connectivity index (χ1) is 9.84. The summed E-state index contributed by atoms with van der Waals surface area (Å²) in [6, 6.07) is 6.24. The minimum absolute atomic E-state index is 0.180. The van der Waals surface area contributed by atoms with Crippen molar-refractivity contribution in [1.29, 1.82) is 0 Å². The van der Waals surface area contributed by atoms with Gasteiger partial charge in [-0.05, 0) is 37.1 Å². The van der Waals surface area contributed by atoms with Crippen molar-refractivity contribution in [3.05, 3.63) is 29.3 Å². The maximum atomic E-state index is 11.9. The lowest BCUT2D eigenvalue weighted by molar-refractivity contribution is 0.236. The van der Waals surface area contributed by atoms with Crippen molar-refractivity contribution in [1.82, 2.24) is 9.62 Å². The van der Waals surface area contributed by atoms with Crippen LogP contribution in [0.3, 0.4) is 0 Å². The number of urea groups is 1. The van der Waals surface area contributed by atoms with Crippen molar-refractivity contribution >= 4 is 33.3 Å². The Balaban J connectivity index is 1.89. The van der Waals surface area contributed by atoms with E-state index in [0.717, 1.165) is 12.8 Å². The van der Waals surface area contributed by atoms with Crippen molar-refractivity contribution in [2.45, 2.75) is 18.9 Å². The second kappa shape index (κ2) is 6.64. The quantitative estimate of drug-likeness (QED) is 0.887. The summed E-state index contributed by atoms with van der Waals surface area (Å²) in [6.45, 7) is 0.822. The molecule has 1 saturated heterocycles. The second-order valence-electron chi connectivity index (χ2n) is 5.07. The Morgan fingerprint density at radius 2 is 2.00 bits per heavy atom. The molecule has 1 atom stereocenters. The van der Waals surface area contributed by atoms with Gasteiger partial charge in [-0.25, -0.2) is 17.5 Å². The molecule has 21 heavy (non-hydrogen) atoms. The summed E-state index contributed by atoms with van der Waals surface area (Å²) >= 11 is 5.77.